The molecule has 1 saturated carbocycles. The molecule has 1 aliphatic carbocycles. The molecule has 0 radical (unpaired) electrons. The lowest BCUT2D eigenvalue weighted by atomic mass is 9.82. The van der Waals surface area contributed by atoms with E-state index in [0.29, 0.717) is 0 Å². The molecule has 2 nitrogen and oxygen atoms in total. The molecule has 2 heteroatoms. The highest BCUT2D eigenvalue weighted by Gasteiger charge is 2.18. The summed E-state index contributed by atoms with van der Waals surface area (Å²) in [7, 11) is 0. The minimum Gasteiger partial charge on any atom is -0.384 e. The van der Waals surface area contributed by atoms with Crippen LogP contribution in [0, 0.1) is 18.8 Å². The average Bonchev–Trinajstić information content (AvgIpc) is 2.28. The Balaban J connectivity index is 1.85. The summed E-state index contributed by atoms with van der Waals surface area (Å²) in [6.45, 7) is 5.61. The van der Waals surface area contributed by atoms with Crippen molar-refractivity contribution in [2.45, 2.75) is 39.5 Å². The summed E-state index contributed by atoms with van der Waals surface area (Å²) in [5.41, 5.74) is 2.49. The highest BCUT2D eigenvalue weighted by molar-refractivity contribution is 5.48. The van der Waals surface area contributed by atoms with Gasteiger partial charge in [0.25, 0.3) is 0 Å². The molecule has 1 aromatic rings. The maximum Gasteiger partial charge on any atom is 0.0400 e. The number of rotatable bonds is 3. The molecule has 16 heavy (non-hydrogen) atoms. The SMILES string of the molecule is Cc1cnccc1NCC1CCCC(C)C1. The van der Waals surface area contributed by atoms with Gasteiger partial charge < -0.3 is 5.32 Å². The van der Waals surface area contributed by atoms with Crippen LogP contribution in [0.1, 0.15) is 38.2 Å². The van der Waals surface area contributed by atoms with Gasteiger partial charge >= 0.3 is 0 Å². The van der Waals surface area contributed by atoms with Crippen molar-refractivity contribution in [3.8, 4) is 0 Å². The van der Waals surface area contributed by atoms with Crippen molar-refractivity contribution in [1.29, 1.82) is 0 Å². The first-order valence-corrected chi connectivity index (χ1v) is 6.40. The van der Waals surface area contributed by atoms with Crippen LogP contribution in [-0.4, -0.2) is 11.5 Å². The Morgan fingerprint density at radius 3 is 3.06 bits per heavy atom. The van der Waals surface area contributed by atoms with E-state index < -0.39 is 0 Å². The molecule has 1 heterocycles. The predicted octanol–water partition coefficient (Wildman–Crippen LogP) is 3.63. The van der Waals surface area contributed by atoms with Gasteiger partial charge in [-0.25, -0.2) is 0 Å². The number of aromatic nitrogens is 1. The second kappa shape index (κ2) is 5.33. The van der Waals surface area contributed by atoms with Crippen molar-refractivity contribution in [3.63, 3.8) is 0 Å². The maximum atomic E-state index is 4.11. The Kier molecular flexibility index (Phi) is 3.81. The lowest BCUT2D eigenvalue weighted by molar-refractivity contribution is 0.293. The van der Waals surface area contributed by atoms with Crippen LogP contribution in [0.25, 0.3) is 0 Å². The minimum atomic E-state index is 0.858. The number of hydrogen-bond donors (Lipinski definition) is 1. The second-order valence-corrected chi connectivity index (χ2v) is 5.21. The fourth-order valence-corrected chi connectivity index (χ4v) is 2.67. The molecule has 0 amide bonds. The maximum absolute atomic E-state index is 4.11. The Labute approximate surface area is 98.5 Å². The van der Waals surface area contributed by atoms with Gasteiger partial charge in [0.2, 0.25) is 0 Å². The van der Waals surface area contributed by atoms with Crippen LogP contribution in [0.15, 0.2) is 18.5 Å². The molecular formula is C14H22N2. The van der Waals surface area contributed by atoms with Gasteiger partial charge in [0.1, 0.15) is 0 Å². The number of nitrogens with one attached hydrogen (secondary N) is 1. The Bertz CT molecular complexity index is 335. The third-order valence-corrected chi connectivity index (χ3v) is 3.65. The summed E-state index contributed by atoms with van der Waals surface area (Å²) in [6.07, 6.45) is 9.39. The zero-order valence-electron chi connectivity index (χ0n) is 10.4. The van der Waals surface area contributed by atoms with Crippen LogP contribution in [0.3, 0.4) is 0 Å². The predicted molar refractivity (Wildman–Crippen MR) is 68.6 cm³/mol. The highest BCUT2D eigenvalue weighted by Crippen LogP contribution is 2.28. The van der Waals surface area contributed by atoms with E-state index in [1.165, 1.54) is 36.9 Å². The Morgan fingerprint density at radius 1 is 1.44 bits per heavy atom. The summed E-state index contributed by atoms with van der Waals surface area (Å²) in [6, 6.07) is 2.07. The van der Waals surface area contributed by atoms with E-state index in [2.05, 4.69) is 30.2 Å². The lowest BCUT2D eigenvalue weighted by Crippen LogP contribution is -2.21. The summed E-state index contributed by atoms with van der Waals surface area (Å²) in [4.78, 5) is 4.11. The fraction of sp³-hybridized carbons (Fsp3) is 0.643. The van der Waals surface area contributed by atoms with Gasteiger partial charge in [-0.15, -0.1) is 0 Å². The first-order valence-electron chi connectivity index (χ1n) is 6.40. The molecule has 0 bridgehead atoms. The van der Waals surface area contributed by atoms with Crippen LogP contribution < -0.4 is 5.32 Å². The summed E-state index contributed by atoms with van der Waals surface area (Å²) < 4.78 is 0. The number of aryl methyl sites for hydroxylation is 1. The van der Waals surface area contributed by atoms with E-state index in [1.807, 2.05) is 12.4 Å². The van der Waals surface area contributed by atoms with Crippen molar-refractivity contribution >= 4 is 5.69 Å². The van der Waals surface area contributed by atoms with E-state index in [4.69, 9.17) is 0 Å². The van der Waals surface area contributed by atoms with Crippen molar-refractivity contribution < 1.29 is 0 Å². The monoisotopic (exact) mass is 218 g/mol. The summed E-state index contributed by atoms with van der Waals surface area (Å²) in [5, 5.41) is 3.56. The lowest BCUT2D eigenvalue weighted by Gasteiger charge is -2.27. The third-order valence-electron chi connectivity index (χ3n) is 3.65. The van der Waals surface area contributed by atoms with Crippen molar-refractivity contribution in [2.24, 2.45) is 11.8 Å². The molecule has 2 rings (SSSR count). The molecule has 88 valence electrons. The molecule has 1 fully saturated rings. The van der Waals surface area contributed by atoms with E-state index in [-0.39, 0.29) is 0 Å². The highest BCUT2D eigenvalue weighted by atomic mass is 14.9. The summed E-state index contributed by atoms with van der Waals surface area (Å²) in [5.74, 6) is 1.77. The topological polar surface area (TPSA) is 24.9 Å². The van der Waals surface area contributed by atoms with E-state index in [0.717, 1.165) is 18.4 Å². The van der Waals surface area contributed by atoms with Crippen molar-refractivity contribution in [2.75, 3.05) is 11.9 Å². The third kappa shape index (κ3) is 2.97. The largest absolute Gasteiger partial charge is 0.384 e. The fourth-order valence-electron chi connectivity index (χ4n) is 2.67. The van der Waals surface area contributed by atoms with Crippen molar-refractivity contribution in [1.82, 2.24) is 4.98 Å². The Hall–Kier alpha value is -1.05. The number of pyridine rings is 1. The molecule has 1 N–H and O–H groups in total. The van der Waals surface area contributed by atoms with E-state index in [9.17, 15) is 0 Å². The smallest absolute Gasteiger partial charge is 0.0400 e. The van der Waals surface area contributed by atoms with E-state index in [1.54, 1.807) is 0 Å². The van der Waals surface area contributed by atoms with Gasteiger partial charge in [-0.2, -0.15) is 0 Å². The molecule has 0 aliphatic heterocycles. The van der Waals surface area contributed by atoms with Gasteiger partial charge in [-0.3, -0.25) is 4.98 Å². The first kappa shape index (κ1) is 11.4. The van der Waals surface area contributed by atoms with Crippen LogP contribution in [0.4, 0.5) is 5.69 Å². The quantitative estimate of drug-likeness (QED) is 0.838. The van der Waals surface area contributed by atoms with Gasteiger partial charge in [0.15, 0.2) is 0 Å². The van der Waals surface area contributed by atoms with Gasteiger partial charge in [0.05, 0.1) is 0 Å². The molecule has 2 atom stereocenters. The first-order chi connectivity index (χ1) is 7.75. The van der Waals surface area contributed by atoms with E-state index >= 15 is 0 Å². The number of nitrogens with zero attached hydrogens (tertiary/aromatic N) is 1. The molecule has 2 unspecified atom stereocenters. The molecule has 0 saturated heterocycles. The molecular weight excluding hydrogens is 196 g/mol. The van der Waals surface area contributed by atoms with Crippen molar-refractivity contribution in [3.05, 3.63) is 24.0 Å². The Morgan fingerprint density at radius 2 is 2.31 bits per heavy atom. The molecule has 1 aromatic heterocycles. The molecule has 0 aromatic carbocycles. The van der Waals surface area contributed by atoms with Crippen LogP contribution in [-0.2, 0) is 0 Å². The van der Waals surface area contributed by atoms with Crippen LogP contribution in [0.2, 0.25) is 0 Å². The number of anilines is 1. The van der Waals surface area contributed by atoms with Crippen LogP contribution in [0.5, 0.6) is 0 Å². The normalized spacial score (nSPS) is 25.4. The molecule has 1 aliphatic rings. The summed E-state index contributed by atoms with van der Waals surface area (Å²) >= 11 is 0. The number of hydrogen-bond acceptors (Lipinski definition) is 2. The standard InChI is InChI=1S/C14H22N2/c1-11-4-3-5-13(8-11)10-16-14-6-7-15-9-12(14)2/h6-7,9,11,13H,3-5,8,10H2,1-2H3,(H,15,16). The zero-order chi connectivity index (χ0) is 11.4. The van der Waals surface area contributed by atoms with Gasteiger partial charge in [0, 0.05) is 24.6 Å². The zero-order valence-corrected chi connectivity index (χ0v) is 10.4. The average molecular weight is 218 g/mol. The molecule has 0 spiro atoms. The van der Waals surface area contributed by atoms with Crippen LogP contribution >= 0.6 is 0 Å². The van der Waals surface area contributed by atoms with Gasteiger partial charge in [-0.05, 0) is 43.2 Å². The minimum absolute atomic E-state index is 0.858. The second-order valence-electron chi connectivity index (χ2n) is 5.21. The van der Waals surface area contributed by atoms with Gasteiger partial charge in [-0.1, -0.05) is 19.8 Å².